The Morgan fingerprint density at radius 1 is 1.27 bits per heavy atom. The average molecular weight is 228 g/mol. The molecule has 0 radical (unpaired) electrons. The van der Waals surface area contributed by atoms with Crippen molar-refractivity contribution in [1.82, 2.24) is 4.98 Å². The van der Waals surface area contributed by atoms with E-state index in [1.807, 2.05) is 0 Å². The second-order valence-corrected chi connectivity index (χ2v) is 4.52. The van der Waals surface area contributed by atoms with Crippen LogP contribution in [0.5, 0.6) is 5.88 Å². The topological polar surface area (TPSA) is 36.4 Å². The predicted octanol–water partition coefficient (Wildman–Crippen LogP) is 3.26. The molecule has 1 aromatic rings. The molecule has 1 N–H and O–H groups in total. The molecule has 0 aliphatic carbocycles. The largest absolute Gasteiger partial charge is 0.493 e. The molecule has 1 heterocycles. The van der Waals surface area contributed by atoms with Gasteiger partial charge in [0.15, 0.2) is 5.13 Å². The Morgan fingerprint density at radius 2 is 1.87 bits per heavy atom. The Morgan fingerprint density at radius 3 is 2.27 bits per heavy atom. The number of aromatic nitrogens is 1. The van der Waals surface area contributed by atoms with E-state index >= 15 is 0 Å². The fraction of sp³-hybridized carbons (Fsp3) is 0.727. The van der Waals surface area contributed by atoms with Crippen LogP contribution in [0.2, 0.25) is 0 Å². The SMILES string of the molecule is CCCCN(CCCC)c1nc(O)cs1. The highest BCUT2D eigenvalue weighted by molar-refractivity contribution is 7.13. The molecule has 1 rings (SSSR count). The Labute approximate surface area is 95.8 Å². The summed E-state index contributed by atoms with van der Waals surface area (Å²) in [6.45, 7) is 6.47. The van der Waals surface area contributed by atoms with Gasteiger partial charge in [-0.05, 0) is 12.8 Å². The lowest BCUT2D eigenvalue weighted by Gasteiger charge is -2.20. The molecule has 0 amide bonds. The van der Waals surface area contributed by atoms with Crippen molar-refractivity contribution in [2.24, 2.45) is 0 Å². The van der Waals surface area contributed by atoms with Crippen LogP contribution in [0.3, 0.4) is 0 Å². The number of aromatic hydroxyl groups is 1. The standard InChI is InChI=1S/C11H20N2OS/c1-3-5-7-13(8-6-4-2)11-12-10(14)9-15-11/h9,14H,3-8H2,1-2H3. The fourth-order valence-corrected chi connectivity index (χ4v) is 2.14. The third kappa shape index (κ3) is 4.08. The number of anilines is 1. The van der Waals surface area contributed by atoms with Gasteiger partial charge in [0.2, 0.25) is 5.88 Å². The Bertz CT molecular complexity index is 267. The van der Waals surface area contributed by atoms with Gasteiger partial charge in [-0.3, -0.25) is 0 Å². The minimum Gasteiger partial charge on any atom is -0.493 e. The van der Waals surface area contributed by atoms with Gasteiger partial charge in [0.05, 0.1) is 5.38 Å². The molecular weight excluding hydrogens is 208 g/mol. The van der Waals surface area contributed by atoms with E-state index in [1.54, 1.807) is 5.38 Å². The van der Waals surface area contributed by atoms with Crippen molar-refractivity contribution >= 4 is 16.5 Å². The van der Waals surface area contributed by atoms with Crippen LogP contribution >= 0.6 is 11.3 Å². The third-order valence-corrected chi connectivity index (χ3v) is 3.20. The van der Waals surface area contributed by atoms with Gasteiger partial charge in [0, 0.05) is 13.1 Å². The number of unbranched alkanes of at least 4 members (excludes halogenated alkanes) is 2. The first-order chi connectivity index (χ1) is 7.27. The van der Waals surface area contributed by atoms with E-state index in [0.717, 1.165) is 18.2 Å². The summed E-state index contributed by atoms with van der Waals surface area (Å²) in [6, 6.07) is 0. The van der Waals surface area contributed by atoms with Gasteiger partial charge in [-0.25, -0.2) is 0 Å². The molecule has 0 spiro atoms. The summed E-state index contributed by atoms with van der Waals surface area (Å²) in [4.78, 5) is 6.39. The maximum atomic E-state index is 9.23. The lowest BCUT2D eigenvalue weighted by atomic mass is 10.3. The number of thiazole rings is 1. The van der Waals surface area contributed by atoms with E-state index in [2.05, 4.69) is 23.7 Å². The molecule has 86 valence electrons. The second kappa shape index (κ2) is 6.67. The minimum atomic E-state index is 0.146. The van der Waals surface area contributed by atoms with Crippen LogP contribution in [0.1, 0.15) is 39.5 Å². The van der Waals surface area contributed by atoms with Crippen LogP contribution in [0.4, 0.5) is 5.13 Å². The van der Waals surface area contributed by atoms with E-state index in [-0.39, 0.29) is 5.88 Å². The second-order valence-electron chi connectivity index (χ2n) is 3.68. The van der Waals surface area contributed by atoms with E-state index in [1.165, 1.54) is 37.0 Å². The zero-order valence-electron chi connectivity index (χ0n) is 9.57. The molecular formula is C11H20N2OS. The molecule has 0 fully saturated rings. The predicted molar refractivity (Wildman–Crippen MR) is 65.8 cm³/mol. The molecule has 0 aromatic carbocycles. The average Bonchev–Trinajstić information content (AvgIpc) is 2.65. The molecule has 0 bridgehead atoms. The van der Waals surface area contributed by atoms with Crippen molar-refractivity contribution in [3.8, 4) is 5.88 Å². The number of rotatable bonds is 7. The summed E-state index contributed by atoms with van der Waals surface area (Å²) in [6.07, 6.45) is 4.76. The van der Waals surface area contributed by atoms with Crippen LogP contribution in [-0.2, 0) is 0 Å². The number of hydrogen-bond donors (Lipinski definition) is 1. The highest BCUT2D eigenvalue weighted by Crippen LogP contribution is 2.24. The van der Waals surface area contributed by atoms with Crippen molar-refractivity contribution in [2.45, 2.75) is 39.5 Å². The van der Waals surface area contributed by atoms with Crippen molar-refractivity contribution in [3.63, 3.8) is 0 Å². The summed E-state index contributed by atoms with van der Waals surface area (Å²) in [5, 5.41) is 11.9. The van der Waals surface area contributed by atoms with Crippen LogP contribution in [0, 0.1) is 0 Å². The van der Waals surface area contributed by atoms with Gasteiger partial charge in [0.1, 0.15) is 0 Å². The smallest absolute Gasteiger partial charge is 0.223 e. The lowest BCUT2D eigenvalue weighted by Crippen LogP contribution is -2.25. The summed E-state index contributed by atoms with van der Waals surface area (Å²) >= 11 is 1.52. The fourth-order valence-electron chi connectivity index (χ4n) is 1.40. The summed E-state index contributed by atoms with van der Waals surface area (Å²) in [5.41, 5.74) is 0. The van der Waals surface area contributed by atoms with Gasteiger partial charge in [-0.15, -0.1) is 11.3 Å². The monoisotopic (exact) mass is 228 g/mol. The number of hydrogen-bond acceptors (Lipinski definition) is 4. The van der Waals surface area contributed by atoms with Gasteiger partial charge in [-0.1, -0.05) is 26.7 Å². The third-order valence-electron chi connectivity index (χ3n) is 2.31. The molecule has 0 atom stereocenters. The maximum Gasteiger partial charge on any atom is 0.223 e. The van der Waals surface area contributed by atoms with Crippen molar-refractivity contribution < 1.29 is 5.11 Å². The first-order valence-corrected chi connectivity index (χ1v) is 6.55. The van der Waals surface area contributed by atoms with E-state index in [4.69, 9.17) is 0 Å². The summed E-state index contributed by atoms with van der Waals surface area (Å²) < 4.78 is 0. The van der Waals surface area contributed by atoms with Crippen molar-refractivity contribution in [2.75, 3.05) is 18.0 Å². The molecule has 15 heavy (non-hydrogen) atoms. The van der Waals surface area contributed by atoms with Crippen LogP contribution in [0.15, 0.2) is 5.38 Å². The Kier molecular flexibility index (Phi) is 5.47. The highest BCUT2D eigenvalue weighted by atomic mass is 32.1. The first-order valence-electron chi connectivity index (χ1n) is 5.67. The van der Waals surface area contributed by atoms with Crippen LogP contribution < -0.4 is 4.90 Å². The van der Waals surface area contributed by atoms with Gasteiger partial charge >= 0.3 is 0 Å². The van der Waals surface area contributed by atoms with Crippen LogP contribution in [-0.4, -0.2) is 23.2 Å². The highest BCUT2D eigenvalue weighted by Gasteiger charge is 2.09. The summed E-state index contributed by atoms with van der Waals surface area (Å²) in [7, 11) is 0. The Balaban J connectivity index is 2.54. The molecule has 0 aliphatic rings. The zero-order chi connectivity index (χ0) is 11.1. The quantitative estimate of drug-likeness (QED) is 0.778. The zero-order valence-corrected chi connectivity index (χ0v) is 10.4. The van der Waals surface area contributed by atoms with Gasteiger partial charge in [-0.2, -0.15) is 4.98 Å². The molecule has 0 saturated heterocycles. The normalized spacial score (nSPS) is 10.5. The molecule has 0 unspecified atom stereocenters. The van der Waals surface area contributed by atoms with E-state index < -0.39 is 0 Å². The number of nitrogens with zero attached hydrogens (tertiary/aromatic N) is 2. The summed E-state index contributed by atoms with van der Waals surface area (Å²) in [5.74, 6) is 0.146. The molecule has 0 saturated carbocycles. The molecule has 0 aliphatic heterocycles. The maximum absolute atomic E-state index is 9.23. The first kappa shape index (κ1) is 12.3. The molecule has 1 aromatic heterocycles. The van der Waals surface area contributed by atoms with Gasteiger partial charge < -0.3 is 10.0 Å². The molecule has 3 nitrogen and oxygen atoms in total. The minimum absolute atomic E-state index is 0.146. The van der Waals surface area contributed by atoms with Crippen molar-refractivity contribution in [3.05, 3.63) is 5.38 Å². The lowest BCUT2D eigenvalue weighted by molar-refractivity contribution is 0.457. The van der Waals surface area contributed by atoms with Gasteiger partial charge in [0.25, 0.3) is 0 Å². The molecule has 4 heteroatoms. The van der Waals surface area contributed by atoms with Crippen molar-refractivity contribution in [1.29, 1.82) is 0 Å². The van der Waals surface area contributed by atoms with E-state index in [9.17, 15) is 5.11 Å². The van der Waals surface area contributed by atoms with Crippen LogP contribution in [0.25, 0.3) is 0 Å². The van der Waals surface area contributed by atoms with E-state index in [0.29, 0.717) is 0 Å². The Hall–Kier alpha value is -0.770.